The molecular formula is C34H36F2N6O2. The highest BCUT2D eigenvalue weighted by Crippen LogP contribution is 2.39. The molecule has 2 N–H and O–H groups in total. The Labute approximate surface area is 255 Å². The molecule has 0 aliphatic carbocycles. The second-order valence-corrected chi connectivity index (χ2v) is 12.3. The van der Waals surface area contributed by atoms with Gasteiger partial charge < -0.3 is 20.1 Å². The molecule has 44 heavy (non-hydrogen) atoms. The number of terminal acetylenes is 1. The predicted octanol–water partition coefficient (Wildman–Crippen LogP) is 5.25. The van der Waals surface area contributed by atoms with Crippen LogP contribution in [-0.4, -0.2) is 76.4 Å². The van der Waals surface area contributed by atoms with Crippen molar-refractivity contribution in [2.45, 2.75) is 51.1 Å². The molecule has 2 bridgehead atoms. The molecule has 4 aromatic rings. The second kappa shape index (κ2) is 11.8. The number of hydrogen-bond donors (Lipinski definition) is 2. The van der Waals surface area contributed by atoms with Gasteiger partial charge in [0.25, 0.3) is 0 Å². The lowest BCUT2D eigenvalue weighted by Crippen LogP contribution is -2.51. The number of hydrogen-bond acceptors (Lipinski definition) is 8. The highest BCUT2D eigenvalue weighted by Gasteiger charge is 2.34. The van der Waals surface area contributed by atoms with Crippen molar-refractivity contribution in [1.29, 1.82) is 0 Å². The lowest BCUT2D eigenvalue weighted by molar-refractivity contribution is 0.150. The van der Waals surface area contributed by atoms with Crippen LogP contribution >= 0.6 is 0 Å². The first kappa shape index (κ1) is 28.7. The zero-order valence-corrected chi connectivity index (χ0v) is 24.8. The summed E-state index contributed by atoms with van der Waals surface area (Å²) in [6.45, 7) is 6.92. The van der Waals surface area contributed by atoms with Crippen molar-refractivity contribution < 1.29 is 18.6 Å². The number of rotatable bonds is 7. The number of phenolic OH excluding ortho intramolecular Hbond substituents is 1. The number of anilines is 1. The Bertz CT molecular complexity index is 1760. The van der Waals surface area contributed by atoms with Gasteiger partial charge in [-0.25, -0.2) is 8.78 Å². The van der Waals surface area contributed by atoms with Crippen LogP contribution in [0.25, 0.3) is 32.9 Å². The summed E-state index contributed by atoms with van der Waals surface area (Å²) < 4.78 is 37.5. The van der Waals surface area contributed by atoms with Crippen LogP contribution in [0.2, 0.25) is 0 Å². The number of fused-ring (bicyclic) bond motifs is 4. The number of piperidine rings is 1. The summed E-state index contributed by atoms with van der Waals surface area (Å²) in [5.74, 6) is 2.32. The third-order valence-electron chi connectivity index (χ3n) is 9.53. The molecular weight excluding hydrogens is 562 g/mol. The van der Waals surface area contributed by atoms with Crippen molar-refractivity contribution in [3.8, 4) is 35.4 Å². The third-order valence-corrected chi connectivity index (χ3v) is 9.53. The van der Waals surface area contributed by atoms with Crippen LogP contribution in [-0.2, 0) is 0 Å². The molecule has 2 unspecified atom stereocenters. The SMILES string of the molecule is C#Cc1c(F)ccc2cc(O)cc(-c3ncc4c(N5CC6CCC(C5)N6)nc(OCCN5CCC(CC)CC5)nc4c3F)c12. The zero-order chi connectivity index (χ0) is 30.4. The van der Waals surface area contributed by atoms with Crippen LogP contribution in [0, 0.1) is 29.9 Å². The lowest BCUT2D eigenvalue weighted by Gasteiger charge is -2.34. The molecule has 0 amide bonds. The first-order valence-corrected chi connectivity index (χ1v) is 15.6. The molecule has 3 fully saturated rings. The standard InChI is InChI=1S/C34H36F2N6O2/c1-3-20-9-11-41(12-10-20)13-14-44-34-39-32-27(33(40-34)42-18-22-6-7-23(19-42)38-22)17-37-31(30(32)36)26-16-24(43)15-21-5-8-28(35)25(4-2)29(21)26/h2,5,8,15-17,20,22-23,38,43H,3,6-7,9-14,18-19H2,1H3. The maximum Gasteiger partial charge on any atom is 0.319 e. The lowest BCUT2D eigenvalue weighted by atomic mass is 9.94. The highest BCUT2D eigenvalue weighted by molar-refractivity contribution is 6.03. The van der Waals surface area contributed by atoms with E-state index in [0.717, 1.165) is 51.5 Å². The van der Waals surface area contributed by atoms with E-state index in [0.29, 0.717) is 40.7 Å². The minimum absolute atomic E-state index is 0.0227. The Morgan fingerprint density at radius 3 is 2.59 bits per heavy atom. The van der Waals surface area contributed by atoms with Crippen LogP contribution in [0.3, 0.4) is 0 Å². The van der Waals surface area contributed by atoms with E-state index in [4.69, 9.17) is 16.1 Å². The smallest absolute Gasteiger partial charge is 0.319 e. The fourth-order valence-corrected chi connectivity index (χ4v) is 7.12. The maximum atomic E-state index is 16.7. The number of nitrogens with one attached hydrogen (secondary N) is 1. The number of piperazine rings is 1. The molecule has 3 aliphatic heterocycles. The Hall–Kier alpha value is -4.07. The number of likely N-dealkylation sites (tertiary alicyclic amines) is 1. The molecule has 0 saturated carbocycles. The van der Waals surface area contributed by atoms with Gasteiger partial charge in [0, 0.05) is 48.9 Å². The molecule has 5 heterocycles. The Kier molecular flexibility index (Phi) is 7.69. The summed E-state index contributed by atoms with van der Waals surface area (Å²) >= 11 is 0. The molecule has 228 valence electrons. The number of aromatic nitrogens is 3. The fraction of sp³-hybridized carbons (Fsp3) is 0.441. The third kappa shape index (κ3) is 5.29. The highest BCUT2D eigenvalue weighted by atomic mass is 19.1. The van der Waals surface area contributed by atoms with E-state index in [1.807, 2.05) is 0 Å². The van der Waals surface area contributed by atoms with E-state index >= 15 is 4.39 Å². The Morgan fingerprint density at radius 1 is 1.09 bits per heavy atom. The van der Waals surface area contributed by atoms with Crippen LogP contribution in [0.1, 0.15) is 44.6 Å². The number of halogens is 2. The molecule has 0 spiro atoms. The number of phenols is 1. The fourth-order valence-electron chi connectivity index (χ4n) is 7.12. The van der Waals surface area contributed by atoms with Crippen molar-refractivity contribution in [3.05, 3.63) is 47.7 Å². The summed E-state index contributed by atoms with van der Waals surface area (Å²) in [5, 5.41) is 15.4. The molecule has 10 heteroatoms. The number of ether oxygens (including phenoxy) is 1. The average Bonchev–Trinajstić information content (AvgIpc) is 3.38. The van der Waals surface area contributed by atoms with Gasteiger partial charge in [-0.2, -0.15) is 9.97 Å². The van der Waals surface area contributed by atoms with Gasteiger partial charge in [0.15, 0.2) is 5.82 Å². The summed E-state index contributed by atoms with van der Waals surface area (Å²) in [6, 6.07) is 6.34. The van der Waals surface area contributed by atoms with E-state index in [1.165, 1.54) is 43.5 Å². The van der Waals surface area contributed by atoms with E-state index in [1.54, 1.807) is 6.20 Å². The Morgan fingerprint density at radius 2 is 1.86 bits per heavy atom. The molecule has 2 aromatic carbocycles. The number of benzene rings is 2. The molecule has 3 saturated heterocycles. The second-order valence-electron chi connectivity index (χ2n) is 12.3. The first-order chi connectivity index (χ1) is 21.4. The monoisotopic (exact) mass is 598 g/mol. The van der Waals surface area contributed by atoms with Crippen LogP contribution in [0.5, 0.6) is 11.8 Å². The van der Waals surface area contributed by atoms with Crippen molar-refractivity contribution in [2.24, 2.45) is 5.92 Å². The number of pyridine rings is 1. The minimum Gasteiger partial charge on any atom is -0.508 e. The normalized spacial score (nSPS) is 20.8. The molecule has 2 aromatic heterocycles. The van der Waals surface area contributed by atoms with E-state index in [-0.39, 0.29) is 34.1 Å². The molecule has 7 rings (SSSR count). The predicted molar refractivity (Wildman–Crippen MR) is 167 cm³/mol. The van der Waals surface area contributed by atoms with E-state index in [9.17, 15) is 9.50 Å². The van der Waals surface area contributed by atoms with Gasteiger partial charge in [0.2, 0.25) is 0 Å². The summed E-state index contributed by atoms with van der Waals surface area (Å²) in [6.07, 6.45) is 13.0. The average molecular weight is 599 g/mol. The van der Waals surface area contributed by atoms with Crippen LogP contribution in [0.4, 0.5) is 14.6 Å². The topological polar surface area (TPSA) is 86.6 Å². The van der Waals surface area contributed by atoms with Gasteiger partial charge in [-0.3, -0.25) is 9.88 Å². The largest absolute Gasteiger partial charge is 0.508 e. The van der Waals surface area contributed by atoms with E-state index < -0.39 is 11.6 Å². The minimum atomic E-state index is -0.713. The van der Waals surface area contributed by atoms with Crippen LogP contribution in [0.15, 0.2) is 30.5 Å². The van der Waals surface area contributed by atoms with Gasteiger partial charge in [0.1, 0.15) is 35.2 Å². The summed E-state index contributed by atoms with van der Waals surface area (Å²) in [4.78, 5) is 18.4. The maximum absolute atomic E-state index is 16.7. The van der Waals surface area contributed by atoms with Crippen molar-refractivity contribution >= 4 is 27.5 Å². The van der Waals surface area contributed by atoms with Gasteiger partial charge in [-0.15, -0.1) is 6.42 Å². The number of nitrogens with zero attached hydrogens (tertiary/aromatic N) is 5. The molecule has 2 atom stereocenters. The zero-order valence-electron chi connectivity index (χ0n) is 24.8. The van der Waals surface area contributed by atoms with Crippen molar-refractivity contribution in [2.75, 3.05) is 44.2 Å². The van der Waals surface area contributed by atoms with Gasteiger partial charge in [0.05, 0.1) is 10.9 Å². The summed E-state index contributed by atoms with van der Waals surface area (Å²) in [5.41, 5.74) is 0.130. The van der Waals surface area contributed by atoms with E-state index in [2.05, 4.69) is 37.9 Å². The van der Waals surface area contributed by atoms with Crippen molar-refractivity contribution in [1.82, 2.24) is 25.2 Å². The van der Waals surface area contributed by atoms with Gasteiger partial charge in [-0.1, -0.05) is 25.3 Å². The Balaban J connectivity index is 1.29. The quantitative estimate of drug-likeness (QED) is 0.279. The van der Waals surface area contributed by atoms with Crippen LogP contribution < -0.4 is 15.0 Å². The molecule has 3 aliphatic rings. The first-order valence-electron chi connectivity index (χ1n) is 15.6. The van der Waals surface area contributed by atoms with Gasteiger partial charge >= 0.3 is 6.01 Å². The number of aromatic hydroxyl groups is 1. The summed E-state index contributed by atoms with van der Waals surface area (Å²) in [7, 11) is 0. The van der Waals surface area contributed by atoms with Crippen molar-refractivity contribution in [3.63, 3.8) is 0 Å². The molecule has 8 nitrogen and oxygen atoms in total. The molecule has 0 radical (unpaired) electrons. The van der Waals surface area contributed by atoms with Gasteiger partial charge in [-0.05, 0) is 68.3 Å².